The van der Waals surface area contributed by atoms with Crippen molar-refractivity contribution in [2.45, 2.75) is 12.8 Å². The molecule has 4 rings (SSSR count). The lowest BCUT2D eigenvalue weighted by molar-refractivity contribution is 0.394. The topological polar surface area (TPSA) is 103 Å². The first-order valence-corrected chi connectivity index (χ1v) is 11.1. The monoisotopic (exact) mass is 436 g/mol. The van der Waals surface area contributed by atoms with Crippen molar-refractivity contribution in [3.05, 3.63) is 42.6 Å². The fourth-order valence-corrected chi connectivity index (χ4v) is 4.19. The molecule has 170 valence electrons. The number of fused-ring (bicyclic) bond motifs is 1. The van der Waals surface area contributed by atoms with Crippen LogP contribution in [0.3, 0.4) is 0 Å². The molecule has 0 atom stereocenters. The van der Waals surface area contributed by atoms with E-state index in [-0.39, 0.29) is 0 Å². The van der Waals surface area contributed by atoms with Gasteiger partial charge in [-0.15, -0.1) is 0 Å². The average Bonchev–Trinajstić information content (AvgIpc) is 2.86. The smallest absolute Gasteiger partial charge is 0.147 e. The van der Waals surface area contributed by atoms with Crippen molar-refractivity contribution < 1.29 is 9.47 Å². The second kappa shape index (κ2) is 10.0. The number of nitrogens with zero attached hydrogens (tertiary/aromatic N) is 4. The van der Waals surface area contributed by atoms with E-state index in [0.29, 0.717) is 19.0 Å². The van der Waals surface area contributed by atoms with Crippen LogP contribution in [-0.2, 0) is 0 Å². The number of aromatic nitrogens is 2. The van der Waals surface area contributed by atoms with Gasteiger partial charge in [-0.3, -0.25) is 4.98 Å². The Kier molecular flexibility index (Phi) is 6.92. The van der Waals surface area contributed by atoms with Gasteiger partial charge in [0.25, 0.3) is 0 Å². The van der Waals surface area contributed by atoms with Crippen LogP contribution < -0.4 is 30.7 Å². The fraction of sp³-hybridized carbons (Fsp3) is 0.417. The van der Waals surface area contributed by atoms with Gasteiger partial charge in [-0.1, -0.05) is 0 Å². The summed E-state index contributed by atoms with van der Waals surface area (Å²) in [5.74, 6) is 2.98. The summed E-state index contributed by atoms with van der Waals surface area (Å²) in [7, 11) is 3.30. The number of piperidine rings is 1. The first kappa shape index (κ1) is 22.1. The predicted molar refractivity (Wildman–Crippen MR) is 129 cm³/mol. The van der Waals surface area contributed by atoms with Gasteiger partial charge < -0.3 is 30.7 Å². The second-order valence-electron chi connectivity index (χ2n) is 8.08. The number of hydrogen-bond donors (Lipinski definition) is 2. The Hall–Kier alpha value is -3.10. The molecule has 32 heavy (non-hydrogen) atoms. The van der Waals surface area contributed by atoms with Crippen LogP contribution in [0, 0.1) is 5.92 Å². The van der Waals surface area contributed by atoms with Crippen LogP contribution in [0.15, 0.2) is 42.6 Å². The van der Waals surface area contributed by atoms with Gasteiger partial charge in [0.05, 0.1) is 31.4 Å². The molecule has 0 aliphatic carbocycles. The van der Waals surface area contributed by atoms with E-state index in [9.17, 15) is 0 Å². The summed E-state index contributed by atoms with van der Waals surface area (Å²) < 4.78 is 10.9. The predicted octanol–water partition coefficient (Wildman–Crippen LogP) is 2.92. The molecule has 0 spiro atoms. The zero-order valence-electron chi connectivity index (χ0n) is 18.8. The number of benzene rings is 2. The lowest BCUT2D eigenvalue weighted by Gasteiger charge is -2.32. The van der Waals surface area contributed by atoms with Crippen molar-refractivity contribution in [2.24, 2.45) is 17.4 Å². The van der Waals surface area contributed by atoms with Crippen molar-refractivity contribution >= 4 is 28.2 Å². The molecule has 8 nitrogen and oxygen atoms in total. The van der Waals surface area contributed by atoms with Crippen LogP contribution >= 0.6 is 0 Å². The molecule has 0 unspecified atom stereocenters. The van der Waals surface area contributed by atoms with Crippen molar-refractivity contribution in [1.29, 1.82) is 0 Å². The van der Waals surface area contributed by atoms with E-state index in [2.05, 4.69) is 20.9 Å². The van der Waals surface area contributed by atoms with E-state index in [1.54, 1.807) is 14.2 Å². The lowest BCUT2D eigenvalue weighted by Crippen LogP contribution is -2.36. The lowest BCUT2D eigenvalue weighted by atomic mass is 9.97. The van der Waals surface area contributed by atoms with Gasteiger partial charge in [-0.2, -0.15) is 0 Å². The molecule has 1 aliphatic rings. The highest BCUT2D eigenvalue weighted by molar-refractivity contribution is 5.82. The standard InChI is InChI=1S/C24H32N6O2/c1-31-20-11-19(12-21(14-20)32-2)30(10-7-25)18-3-4-22-23(13-18)28-24(16-27-22)29-8-5-17(15-26)6-9-29/h3-4,11-14,16-17H,5-10,15,25-26H2,1-2H3. The molecule has 0 amide bonds. The van der Waals surface area contributed by atoms with E-state index in [1.165, 1.54) is 0 Å². The number of rotatable bonds is 8. The summed E-state index contributed by atoms with van der Waals surface area (Å²) >= 11 is 0. The highest BCUT2D eigenvalue weighted by atomic mass is 16.5. The van der Waals surface area contributed by atoms with Crippen LogP contribution in [0.4, 0.5) is 17.2 Å². The molecule has 4 N–H and O–H groups in total. The molecule has 1 aliphatic heterocycles. The zero-order chi connectivity index (χ0) is 22.5. The molecule has 1 aromatic heterocycles. The minimum atomic E-state index is 0.499. The molecule has 3 aromatic rings. The molecule has 0 radical (unpaired) electrons. The van der Waals surface area contributed by atoms with Crippen molar-refractivity contribution in [3.63, 3.8) is 0 Å². The number of methoxy groups -OCH3 is 2. The van der Waals surface area contributed by atoms with E-state index in [1.807, 2.05) is 36.5 Å². The Morgan fingerprint density at radius 1 is 0.969 bits per heavy atom. The van der Waals surface area contributed by atoms with Gasteiger partial charge in [0.15, 0.2) is 0 Å². The third-order valence-corrected chi connectivity index (χ3v) is 6.10. The summed E-state index contributed by atoms with van der Waals surface area (Å²) in [5.41, 5.74) is 15.5. The number of anilines is 3. The molecule has 1 fully saturated rings. The van der Waals surface area contributed by atoms with Crippen LogP contribution in [0.2, 0.25) is 0 Å². The third-order valence-electron chi connectivity index (χ3n) is 6.10. The van der Waals surface area contributed by atoms with Gasteiger partial charge >= 0.3 is 0 Å². The molecule has 1 saturated heterocycles. The maximum atomic E-state index is 5.95. The highest BCUT2D eigenvalue weighted by Crippen LogP contribution is 2.34. The summed E-state index contributed by atoms with van der Waals surface area (Å²) in [5, 5.41) is 0. The van der Waals surface area contributed by atoms with Gasteiger partial charge in [0.1, 0.15) is 17.3 Å². The van der Waals surface area contributed by atoms with Gasteiger partial charge in [0, 0.05) is 55.8 Å². The molecule has 2 heterocycles. The Balaban J connectivity index is 1.67. The average molecular weight is 437 g/mol. The van der Waals surface area contributed by atoms with Crippen molar-refractivity contribution in [1.82, 2.24) is 9.97 Å². The molecule has 8 heteroatoms. The first-order chi connectivity index (χ1) is 15.6. The quantitative estimate of drug-likeness (QED) is 0.556. The summed E-state index contributed by atoms with van der Waals surface area (Å²) in [6, 6.07) is 11.9. The maximum Gasteiger partial charge on any atom is 0.147 e. The third kappa shape index (κ3) is 4.71. The van der Waals surface area contributed by atoms with Gasteiger partial charge in [-0.25, -0.2) is 4.98 Å². The Bertz CT molecular complexity index is 1030. The molecule has 2 aromatic carbocycles. The van der Waals surface area contributed by atoms with Crippen molar-refractivity contribution in [3.8, 4) is 11.5 Å². The van der Waals surface area contributed by atoms with Crippen LogP contribution in [-0.4, -0.2) is 56.9 Å². The molecule has 0 bridgehead atoms. The maximum absolute atomic E-state index is 5.95. The Labute approximate surface area is 189 Å². The van der Waals surface area contributed by atoms with E-state index >= 15 is 0 Å². The van der Waals surface area contributed by atoms with E-state index in [4.69, 9.17) is 25.9 Å². The zero-order valence-corrected chi connectivity index (χ0v) is 18.8. The largest absolute Gasteiger partial charge is 0.497 e. The SMILES string of the molecule is COc1cc(OC)cc(N(CCN)c2ccc3ncc(N4CCC(CN)CC4)nc3c2)c1. The van der Waals surface area contributed by atoms with Crippen LogP contribution in [0.5, 0.6) is 11.5 Å². The summed E-state index contributed by atoms with van der Waals surface area (Å²) in [6.45, 7) is 3.82. The summed E-state index contributed by atoms with van der Waals surface area (Å²) in [4.78, 5) is 14.0. The Morgan fingerprint density at radius 2 is 1.69 bits per heavy atom. The van der Waals surface area contributed by atoms with Gasteiger partial charge in [0.2, 0.25) is 0 Å². The van der Waals surface area contributed by atoms with E-state index in [0.717, 1.165) is 72.2 Å². The molecule has 0 saturated carbocycles. The Morgan fingerprint density at radius 3 is 2.31 bits per heavy atom. The molecular formula is C24H32N6O2. The van der Waals surface area contributed by atoms with Crippen molar-refractivity contribution in [2.75, 3.05) is 56.7 Å². The summed E-state index contributed by atoms with van der Waals surface area (Å²) in [6.07, 6.45) is 4.06. The van der Waals surface area contributed by atoms with E-state index < -0.39 is 0 Å². The second-order valence-corrected chi connectivity index (χ2v) is 8.08. The highest BCUT2D eigenvalue weighted by Gasteiger charge is 2.20. The number of hydrogen-bond acceptors (Lipinski definition) is 8. The molecular weight excluding hydrogens is 404 g/mol. The number of nitrogens with two attached hydrogens (primary N) is 2. The normalized spacial score (nSPS) is 14.6. The minimum absolute atomic E-state index is 0.499. The van der Waals surface area contributed by atoms with Crippen LogP contribution in [0.1, 0.15) is 12.8 Å². The minimum Gasteiger partial charge on any atom is -0.497 e. The van der Waals surface area contributed by atoms with Crippen LogP contribution in [0.25, 0.3) is 11.0 Å². The van der Waals surface area contributed by atoms with Gasteiger partial charge in [-0.05, 0) is 43.5 Å². The number of ether oxygens (including phenoxy) is 2. The fourth-order valence-electron chi connectivity index (χ4n) is 4.19. The first-order valence-electron chi connectivity index (χ1n) is 11.1.